The van der Waals surface area contributed by atoms with Crippen LogP contribution in [0.2, 0.25) is 0 Å². The van der Waals surface area contributed by atoms with Crippen molar-refractivity contribution in [3.8, 4) is 0 Å². The molecule has 104 valence electrons. The van der Waals surface area contributed by atoms with Crippen molar-refractivity contribution in [2.45, 2.75) is 73.6 Å². The van der Waals surface area contributed by atoms with Gasteiger partial charge in [0, 0.05) is 0 Å². The Morgan fingerprint density at radius 1 is 0.765 bits per heavy atom. The van der Waals surface area contributed by atoms with Gasteiger partial charge < -0.3 is 0 Å². The average Bonchev–Trinajstić information content (AvgIpc) is 2.36. The molecule has 0 saturated heterocycles. The number of rotatable bonds is 6. The first-order valence-electron chi connectivity index (χ1n) is 7.28. The minimum absolute atomic E-state index is 0.655. The van der Waals surface area contributed by atoms with Crippen LogP contribution in [0.15, 0.2) is 25.3 Å². The van der Waals surface area contributed by atoms with Crippen molar-refractivity contribution in [3.05, 3.63) is 25.3 Å². The van der Waals surface area contributed by atoms with Gasteiger partial charge in [-0.1, -0.05) is 73.0 Å². The third kappa shape index (κ3) is 31.3. The molecule has 0 aromatic rings. The Hall–Kier alpha value is -0.520. The maximum Gasteiger partial charge on any atom is -0.0264 e. The molecule has 0 saturated carbocycles. The molecule has 0 fully saturated rings. The van der Waals surface area contributed by atoms with Crippen LogP contribution in [0, 0.1) is 11.8 Å². The molecule has 0 nitrogen and oxygen atoms in total. The molecule has 2 atom stereocenters. The van der Waals surface area contributed by atoms with Gasteiger partial charge in [0.2, 0.25) is 0 Å². The van der Waals surface area contributed by atoms with Crippen molar-refractivity contribution in [2.24, 2.45) is 11.8 Å². The predicted molar refractivity (Wildman–Crippen MR) is 84.5 cm³/mol. The van der Waals surface area contributed by atoms with Gasteiger partial charge in [-0.15, -0.1) is 13.2 Å². The van der Waals surface area contributed by atoms with Crippen LogP contribution in [-0.2, 0) is 0 Å². The minimum Gasteiger partial charge on any atom is -0.103 e. The summed E-state index contributed by atoms with van der Waals surface area (Å²) in [7, 11) is 0. The highest BCUT2D eigenvalue weighted by Gasteiger charge is 1.99. The average molecular weight is 240 g/mol. The first-order chi connectivity index (χ1) is 8.03. The van der Waals surface area contributed by atoms with E-state index in [0.717, 1.165) is 0 Å². The van der Waals surface area contributed by atoms with E-state index in [1.807, 2.05) is 12.2 Å². The Morgan fingerprint density at radius 2 is 1.00 bits per heavy atom. The van der Waals surface area contributed by atoms with Crippen LogP contribution in [0.3, 0.4) is 0 Å². The summed E-state index contributed by atoms with van der Waals surface area (Å²) in [5, 5.41) is 0. The fourth-order valence-electron chi connectivity index (χ4n) is 0.761. The highest BCUT2D eigenvalue weighted by molar-refractivity contribution is 4.79. The number of unbranched alkanes of at least 4 members (excludes halogenated alkanes) is 1. The second-order valence-corrected chi connectivity index (χ2v) is 4.71. The van der Waals surface area contributed by atoms with E-state index in [1.165, 1.54) is 32.1 Å². The molecule has 0 aromatic heterocycles. The summed E-state index contributed by atoms with van der Waals surface area (Å²) in [6.07, 6.45) is 10.4. The molecule has 0 spiro atoms. The van der Waals surface area contributed by atoms with Gasteiger partial charge in [0.15, 0.2) is 0 Å². The third-order valence-corrected chi connectivity index (χ3v) is 2.38. The zero-order valence-electron chi connectivity index (χ0n) is 13.3. The Kier molecular flexibility index (Phi) is 26.6. The normalized spacial score (nSPS) is 12.1. The molecule has 0 aliphatic carbocycles. The molecule has 0 rings (SSSR count). The molecule has 0 aromatic carbocycles. The second kappa shape index (κ2) is 20.8. The fourth-order valence-corrected chi connectivity index (χ4v) is 0.761. The maximum absolute atomic E-state index is 3.74. The van der Waals surface area contributed by atoms with Crippen LogP contribution in [0.25, 0.3) is 0 Å². The minimum atomic E-state index is 0.655. The Balaban J connectivity index is -0.000000232. The van der Waals surface area contributed by atoms with E-state index in [0.29, 0.717) is 11.8 Å². The van der Waals surface area contributed by atoms with Gasteiger partial charge in [-0.25, -0.2) is 0 Å². The van der Waals surface area contributed by atoms with E-state index in [4.69, 9.17) is 0 Å². The largest absolute Gasteiger partial charge is 0.103 e. The van der Waals surface area contributed by atoms with E-state index in [9.17, 15) is 0 Å². The molecule has 0 heterocycles. The first kappa shape index (κ1) is 21.7. The summed E-state index contributed by atoms with van der Waals surface area (Å²) in [5.74, 6) is 1.31. The summed E-state index contributed by atoms with van der Waals surface area (Å²) < 4.78 is 0. The van der Waals surface area contributed by atoms with Crippen LogP contribution in [0.1, 0.15) is 73.6 Å². The van der Waals surface area contributed by atoms with Crippen molar-refractivity contribution in [1.29, 1.82) is 0 Å². The van der Waals surface area contributed by atoms with Crippen molar-refractivity contribution in [3.63, 3.8) is 0 Å². The van der Waals surface area contributed by atoms with Gasteiger partial charge >= 0.3 is 0 Å². The molecule has 0 amide bonds. The van der Waals surface area contributed by atoms with Crippen molar-refractivity contribution >= 4 is 0 Å². The molecule has 17 heavy (non-hydrogen) atoms. The van der Waals surface area contributed by atoms with Gasteiger partial charge in [-0.3, -0.25) is 0 Å². The van der Waals surface area contributed by atoms with Gasteiger partial charge in [0.05, 0.1) is 0 Å². The summed E-state index contributed by atoms with van der Waals surface area (Å²) in [6.45, 7) is 20.5. The highest BCUT2D eigenvalue weighted by Crippen LogP contribution is 2.12. The lowest BCUT2D eigenvalue weighted by Gasteiger charge is -2.07. The van der Waals surface area contributed by atoms with Gasteiger partial charge in [-0.05, 0) is 24.7 Å². The van der Waals surface area contributed by atoms with Gasteiger partial charge in [0.1, 0.15) is 0 Å². The third-order valence-electron chi connectivity index (χ3n) is 2.38. The fraction of sp³-hybridized carbons (Fsp3) is 0.765. The van der Waals surface area contributed by atoms with Crippen LogP contribution < -0.4 is 0 Å². The topological polar surface area (TPSA) is 0 Å². The van der Waals surface area contributed by atoms with E-state index in [2.05, 4.69) is 54.7 Å². The summed E-state index contributed by atoms with van der Waals surface area (Å²) in [4.78, 5) is 0. The molecule has 0 radical (unpaired) electrons. The summed E-state index contributed by atoms with van der Waals surface area (Å²) >= 11 is 0. The zero-order chi connectivity index (χ0) is 14.1. The first-order valence-corrected chi connectivity index (χ1v) is 7.28. The highest BCUT2D eigenvalue weighted by atomic mass is 14.0. The van der Waals surface area contributed by atoms with E-state index < -0.39 is 0 Å². The lowest BCUT2D eigenvalue weighted by molar-refractivity contribution is 0.536. The molecule has 0 N–H and O–H groups in total. The molecule has 2 unspecified atom stereocenters. The molecular formula is C17H36. The lowest BCUT2D eigenvalue weighted by atomic mass is 9.98. The van der Waals surface area contributed by atoms with Gasteiger partial charge in [-0.2, -0.15) is 0 Å². The quantitative estimate of drug-likeness (QED) is 0.457. The van der Waals surface area contributed by atoms with Crippen LogP contribution in [0.4, 0.5) is 0 Å². The summed E-state index contributed by atoms with van der Waals surface area (Å²) in [6, 6.07) is 0. The molecule has 0 heteroatoms. The number of hydrogen-bond acceptors (Lipinski definition) is 0. The van der Waals surface area contributed by atoms with Crippen molar-refractivity contribution in [2.75, 3.05) is 0 Å². The van der Waals surface area contributed by atoms with E-state index in [1.54, 1.807) is 0 Å². The molecule has 0 aliphatic rings. The Labute approximate surface area is 111 Å². The Morgan fingerprint density at radius 3 is 1.12 bits per heavy atom. The summed E-state index contributed by atoms with van der Waals surface area (Å²) in [5.41, 5.74) is 0. The molecular weight excluding hydrogens is 204 g/mol. The van der Waals surface area contributed by atoms with Crippen LogP contribution in [-0.4, -0.2) is 0 Å². The van der Waals surface area contributed by atoms with Crippen LogP contribution in [0.5, 0.6) is 0 Å². The standard InChI is InChI=1S/C10H18.C4H10.C3H8/c1-5-9(3)7-8-10(4)6-2;1-3-4-2;1-3-2/h5-6,9-10H,1-2,7-8H2,3-4H3;3-4H2,1-2H3;3H2,1-2H3. The monoisotopic (exact) mass is 240 g/mol. The number of hydrogen-bond donors (Lipinski definition) is 0. The van der Waals surface area contributed by atoms with E-state index >= 15 is 0 Å². The predicted octanol–water partition coefficient (Wildman–Crippen LogP) is 6.63. The van der Waals surface area contributed by atoms with Gasteiger partial charge in [0.25, 0.3) is 0 Å². The second-order valence-electron chi connectivity index (χ2n) is 4.71. The number of allylic oxidation sites excluding steroid dienone is 2. The molecule has 0 aliphatic heterocycles. The van der Waals surface area contributed by atoms with Crippen molar-refractivity contribution < 1.29 is 0 Å². The molecule has 0 bridgehead atoms. The van der Waals surface area contributed by atoms with Crippen LogP contribution >= 0.6 is 0 Å². The smallest absolute Gasteiger partial charge is 0.0264 e. The lowest BCUT2D eigenvalue weighted by Crippen LogP contribution is -1.94. The zero-order valence-corrected chi connectivity index (χ0v) is 13.3. The Bertz CT molecular complexity index is 119. The van der Waals surface area contributed by atoms with Crippen molar-refractivity contribution in [1.82, 2.24) is 0 Å². The SMILES string of the molecule is C=CC(C)CCC(C)C=C.CCC.CCCC. The maximum atomic E-state index is 3.74. The van der Waals surface area contributed by atoms with E-state index in [-0.39, 0.29) is 0 Å².